The Kier molecular flexibility index (Phi) is 22.6. The summed E-state index contributed by atoms with van der Waals surface area (Å²) in [5.74, 6) is 10.1. The molecule has 0 saturated heterocycles. The molecular formula is C15H32S5. The highest BCUT2D eigenvalue weighted by Crippen LogP contribution is 2.13. The summed E-state index contributed by atoms with van der Waals surface area (Å²) in [7, 11) is 0. The Labute approximate surface area is 151 Å². The Morgan fingerprint density at radius 1 is 0.400 bits per heavy atom. The zero-order chi connectivity index (χ0) is 14.7. The zero-order valence-corrected chi connectivity index (χ0v) is 17.0. The van der Waals surface area contributed by atoms with Crippen molar-refractivity contribution in [3.05, 3.63) is 0 Å². The van der Waals surface area contributed by atoms with Gasteiger partial charge in [0.1, 0.15) is 0 Å². The zero-order valence-electron chi connectivity index (χ0n) is 12.7. The first-order valence-corrected chi connectivity index (χ1v) is 12.6. The number of rotatable bonds is 17. The van der Waals surface area contributed by atoms with Gasteiger partial charge in [-0.05, 0) is 91.0 Å². The monoisotopic (exact) mass is 372 g/mol. The van der Waals surface area contributed by atoms with Crippen LogP contribution in [-0.4, -0.2) is 46.0 Å². The lowest BCUT2D eigenvalue weighted by Gasteiger charge is -2.03. The number of hydrogen-bond donors (Lipinski definition) is 2. The minimum atomic E-state index is 1.04. The fourth-order valence-electron chi connectivity index (χ4n) is 1.61. The van der Waals surface area contributed by atoms with Crippen molar-refractivity contribution in [2.45, 2.75) is 44.9 Å². The van der Waals surface area contributed by atoms with E-state index < -0.39 is 0 Å². The molecule has 0 fully saturated rings. The lowest BCUT2D eigenvalue weighted by molar-refractivity contribution is 0.882. The molecule has 0 amide bonds. The van der Waals surface area contributed by atoms with Gasteiger partial charge in [0, 0.05) is 0 Å². The predicted octanol–water partition coefficient (Wildman–Crippen LogP) is 5.78. The Hall–Kier alpha value is 1.75. The summed E-state index contributed by atoms with van der Waals surface area (Å²) in [5.41, 5.74) is 0. The minimum Gasteiger partial charge on any atom is -0.179 e. The highest BCUT2D eigenvalue weighted by atomic mass is 32.2. The molecule has 0 aliphatic heterocycles. The maximum absolute atomic E-state index is 4.23. The van der Waals surface area contributed by atoms with E-state index in [-0.39, 0.29) is 0 Å². The fourth-order valence-corrected chi connectivity index (χ4v) is 5.20. The molecule has 0 aliphatic rings. The Bertz CT molecular complexity index is 148. The molecule has 0 aromatic carbocycles. The molecule has 0 N–H and O–H groups in total. The molecule has 0 heterocycles. The molecule has 0 spiro atoms. The summed E-state index contributed by atoms with van der Waals surface area (Å²) in [6.45, 7) is 0. The third kappa shape index (κ3) is 19.8. The lowest BCUT2D eigenvalue weighted by atomic mass is 10.4. The van der Waals surface area contributed by atoms with Gasteiger partial charge in [-0.15, -0.1) is 0 Å². The highest BCUT2D eigenvalue weighted by Gasteiger charge is 1.94. The van der Waals surface area contributed by atoms with Crippen molar-refractivity contribution >= 4 is 60.5 Å². The van der Waals surface area contributed by atoms with E-state index in [2.05, 4.69) is 60.5 Å². The smallest absolute Gasteiger partial charge is 0.00598 e. The molecular weight excluding hydrogens is 341 g/mol. The highest BCUT2D eigenvalue weighted by molar-refractivity contribution is 7.99. The van der Waals surface area contributed by atoms with E-state index in [9.17, 15) is 0 Å². The van der Waals surface area contributed by atoms with Crippen LogP contribution in [0.15, 0.2) is 0 Å². The van der Waals surface area contributed by atoms with Crippen LogP contribution in [0, 0.1) is 0 Å². The van der Waals surface area contributed by atoms with Gasteiger partial charge >= 0.3 is 0 Å². The van der Waals surface area contributed by atoms with Gasteiger partial charge in [0.25, 0.3) is 0 Å². The molecule has 0 bridgehead atoms. The average Bonchev–Trinajstić information content (AvgIpc) is 2.47. The van der Waals surface area contributed by atoms with Crippen LogP contribution in [0.5, 0.6) is 0 Å². The molecule has 0 nitrogen and oxygen atoms in total. The first kappa shape index (κ1) is 21.8. The van der Waals surface area contributed by atoms with Crippen LogP contribution in [0.1, 0.15) is 44.9 Å². The van der Waals surface area contributed by atoms with Gasteiger partial charge < -0.3 is 0 Å². The largest absolute Gasteiger partial charge is 0.179 e. The molecule has 0 aromatic heterocycles. The SMILES string of the molecule is SCCCCSCCCCSCCCCSCCCS. The Morgan fingerprint density at radius 2 is 0.700 bits per heavy atom. The molecule has 0 aliphatic carbocycles. The fraction of sp³-hybridized carbons (Fsp3) is 1.00. The van der Waals surface area contributed by atoms with E-state index in [1.807, 2.05) is 0 Å². The average molecular weight is 373 g/mol. The summed E-state index contributed by atoms with van der Waals surface area (Å²) >= 11 is 14.8. The van der Waals surface area contributed by atoms with Gasteiger partial charge in [0.15, 0.2) is 0 Å². The maximum atomic E-state index is 4.23. The second-order valence-corrected chi connectivity index (χ2v) is 9.33. The molecule has 0 rings (SSSR count). The third-order valence-electron chi connectivity index (χ3n) is 2.80. The molecule has 20 heavy (non-hydrogen) atoms. The molecule has 0 radical (unpaired) electrons. The topological polar surface area (TPSA) is 0 Å². The molecule has 0 unspecified atom stereocenters. The second kappa shape index (κ2) is 20.8. The molecule has 0 aromatic rings. The Balaban J connectivity index is 2.89. The Morgan fingerprint density at radius 3 is 1.05 bits per heavy atom. The standard InChI is InChI=1S/C15H32S5/c16-8-1-2-10-18-11-3-4-12-19-13-5-6-14-20-15-7-9-17/h16-17H,1-15H2. The van der Waals surface area contributed by atoms with Crippen LogP contribution in [0.4, 0.5) is 0 Å². The van der Waals surface area contributed by atoms with Gasteiger partial charge in [0.2, 0.25) is 0 Å². The van der Waals surface area contributed by atoms with E-state index >= 15 is 0 Å². The van der Waals surface area contributed by atoms with Crippen LogP contribution in [0.25, 0.3) is 0 Å². The van der Waals surface area contributed by atoms with E-state index in [0.717, 1.165) is 11.5 Å². The minimum absolute atomic E-state index is 1.04. The van der Waals surface area contributed by atoms with Crippen LogP contribution >= 0.6 is 60.5 Å². The van der Waals surface area contributed by atoms with Gasteiger partial charge in [-0.1, -0.05) is 0 Å². The van der Waals surface area contributed by atoms with Crippen molar-refractivity contribution in [3.8, 4) is 0 Å². The number of thioether (sulfide) groups is 3. The summed E-state index contributed by atoms with van der Waals surface area (Å²) < 4.78 is 0. The van der Waals surface area contributed by atoms with Crippen molar-refractivity contribution in [1.29, 1.82) is 0 Å². The van der Waals surface area contributed by atoms with Crippen LogP contribution in [0.2, 0.25) is 0 Å². The molecule has 5 heteroatoms. The number of hydrogen-bond acceptors (Lipinski definition) is 5. The van der Waals surface area contributed by atoms with Crippen molar-refractivity contribution in [3.63, 3.8) is 0 Å². The van der Waals surface area contributed by atoms with Crippen LogP contribution in [-0.2, 0) is 0 Å². The quantitative estimate of drug-likeness (QED) is 0.246. The maximum Gasteiger partial charge on any atom is -0.00598 e. The summed E-state index contributed by atoms with van der Waals surface area (Å²) in [5, 5.41) is 0. The van der Waals surface area contributed by atoms with Gasteiger partial charge in [0.05, 0.1) is 0 Å². The number of unbranched alkanes of at least 4 members (excludes halogenated alkanes) is 3. The van der Waals surface area contributed by atoms with E-state index in [1.54, 1.807) is 0 Å². The van der Waals surface area contributed by atoms with Gasteiger partial charge in [-0.25, -0.2) is 0 Å². The van der Waals surface area contributed by atoms with Crippen molar-refractivity contribution in [2.24, 2.45) is 0 Å². The van der Waals surface area contributed by atoms with Crippen LogP contribution < -0.4 is 0 Å². The van der Waals surface area contributed by atoms with Gasteiger partial charge in [-0.2, -0.15) is 60.5 Å². The first-order valence-electron chi connectivity index (χ1n) is 7.86. The van der Waals surface area contributed by atoms with E-state index in [0.29, 0.717) is 0 Å². The van der Waals surface area contributed by atoms with Crippen molar-refractivity contribution < 1.29 is 0 Å². The lowest BCUT2D eigenvalue weighted by Crippen LogP contribution is -1.90. The summed E-state index contributed by atoms with van der Waals surface area (Å²) in [6, 6.07) is 0. The second-order valence-electron chi connectivity index (χ2n) is 4.76. The third-order valence-corrected chi connectivity index (χ3v) is 6.89. The van der Waals surface area contributed by atoms with Gasteiger partial charge in [-0.3, -0.25) is 0 Å². The first-order chi connectivity index (χ1) is 9.91. The number of thiol groups is 2. The van der Waals surface area contributed by atoms with E-state index in [1.165, 1.54) is 79.5 Å². The van der Waals surface area contributed by atoms with Crippen molar-refractivity contribution in [2.75, 3.05) is 46.0 Å². The normalized spacial score (nSPS) is 11.1. The molecule has 0 saturated carbocycles. The van der Waals surface area contributed by atoms with Crippen LogP contribution in [0.3, 0.4) is 0 Å². The molecule has 0 atom stereocenters. The molecule has 122 valence electrons. The summed E-state index contributed by atoms with van der Waals surface area (Å²) in [4.78, 5) is 0. The summed E-state index contributed by atoms with van der Waals surface area (Å²) in [6.07, 6.45) is 9.48. The van der Waals surface area contributed by atoms with E-state index in [4.69, 9.17) is 0 Å². The predicted molar refractivity (Wildman–Crippen MR) is 112 cm³/mol. The van der Waals surface area contributed by atoms with Crippen molar-refractivity contribution in [1.82, 2.24) is 0 Å².